The van der Waals surface area contributed by atoms with Crippen LogP contribution in [0.2, 0.25) is 0 Å². The van der Waals surface area contributed by atoms with E-state index in [-0.39, 0.29) is 34.6 Å². The molecule has 2 amide bonds. The van der Waals surface area contributed by atoms with Gasteiger partial charge in [-0.05, 0) is 79.9 Å². The van der Waals surface area contributed by atoms with E-state index in [2.05, 4.69) is 25.2 Å². The van der Waals surface area contributed by atoms with Crippen LogP contribution in [0.1, 0.15) is 52.4 Å². The molecule has 0 aromatic heterocycles. The number of rotatable bonds is 2. The molecule has 7 atom stereocenters. The van der Waals surface area contributed by atoms with Gasteiger partial charge in [0, 0.05) is 30.1 Å². The first-order chi connectivity index (χ1) is 14.3. The summed E-state index contributed by atoms with van der Waals surface area (Å²) in [6.45, 7) is 4.75. The number of hydrogen-bond acceptors (Lipinski definition) is 2. The Hall–Kier alpha value is -2.10. The van der Waals surface area contributed by atoms with Crippen LogP contribution < -0.4 is 10.2 Å². The van der Waals surface area contributed by atoms with Crippen molar-refractivity contribution < 1.29 is 9.59 Å². The third-order valence-electron chi connectivity index (χ3n) is 9.46. The van der Waals surface area contributed by atoms with Crippen molar-refractivity contribution in [1.82, 2.24) is 5.32 Å². The van der Waals surface area contributed by atoms with E-state index in [1.165, 1.54) is 6.42 Å². The molecule has 4 aliphatic rings. The number of nitrogens with zero attached hydrogens (tertiary/aromatic N) is 1. The van der Waals surface area contributed by atoms with Crippen LogP contribution in [-0.4, -0.2) is 24.9 Å². The van der Waals surface area contributed by atoms with Crippen LogP contribution in [0.15, 0.2) is 42.5 Å². The van der Waals surface area contributed by atoms with Gasteiger partial charge >= 0.3 is 0 Å². The Kier molecular flexibility index (Phi) is 4.61. The predicted molar refractivity (Wildman–Crippen MR) is 119 cm³/mol. The van der Waals surface area contributed by atoms with Gasteiger partial charge in [-0.1, -0.05) is 38.1 Å². The minimum atomic E-state index is 0.0566. The standard InChI is InChI=1S/C26H34N2O2/c1-25-15-13-20-18(9-12-22-26(20,2)16-14-23(29)27-22)19(25)10-11-21(25)24(30)28(3)17-7-5-4-6-8-17/h4-8,14,16,18-22H,9-13,15H2,1-3H3,(H,27,29)/t18?,19?,20?,21?,22?,25-,26+/m0/s1. The summed E-state index contributed by atoms with van der Waals surface area (Å²) < 4.78 is 0. The van der Waals surface area contributed by atoms with Crippen LogP contribution in [0, 0.1) is 34.5 Å². The summed E-state index contributed by atoms with van der Waals surface area (Å²) in [5, 5.41) is 3.23. The average Bonchev–Trinajstić information content (AvgIpc) is 3.11. The molecular weight excluding hydrogens is 372 g/mol. The van der Waals surface area contributed by atoms with E-state index in [1.807, 2.05) is 42.3 Å². The zero-order valence-electron chi connectivity index (χ0n) is 18.4. The Morgan fingerprint density at radius 3 is 2.57 bits per heavy atom. The molecule has 0 bridgehead atoms. The lowest BCUT2D eigenvalue weighted by molar-refractivity contribution is -0.131. The van der Waals surface area contributed by atoms with Crippen molar-refractivity contribution in [2.24, 2.45) is 34.5 Å². The van der Waals surface area contributed by atoms with Gasteiger partial charge in [-0.2, -0.15) is 0 Å². The van der Waals surface area contributed by atoms with Crippen LogP contribution >= 0.6 is 0 Å². The maximum Gasteiger partial charge on any atom is 0.243 e. The van der Waals surface area contributed by atoms with Crippen molar-refractivity contribution in [3.05, 3.63) is 42.5 Å². The van der Waals surface area contributed by atoms with Crippen molar-refractivity contribution in [3.63, 3.8) is 0 Å². The summed E-state index contributed by atoms with van der Waals surface area (Å²) in [7, 11) is 1.93. The Morgan fingerprint density at radius 2 is 1.80 bits per heavy atom. The Bertz CT molecular complexity index is 880. The van der Waals surface area contributed by atoms with Crippen LogP contribution in [0.4, 0.5) is 5.69 Å². The maximum atomic E-state index is 13.6. The molecule has 160 valence electrons. The fourth-order valence-corrected chi connectivity index (χ4v) is 7.75. The maximum absolute atomic E-state index is 13.6. The predicted octanol–water partition coefficient (Wildman–Crippen LogP) is 4.56. The normalized spacial score (nSPS) is 42.0. The zero-order valence-corrected chi connectivity index (χ0v) is 18.4. The summed E-state index contributed by atoms with van der Waals surface area (Å²) in [6, 6.07) is 10.3. The summed E-state index contributed by atoms with van der Waals surface area (Å²) >= 11 is 0. The molecule has 5 rings (SSSR count). The fraction of sp³-hybridized carbons (Fsp3) is 0.615. The van der Waals surface area contributed by atoms with Crippen molar-refractivity contribution in [3.8, 4) is 0 Å². The first-order valence-corrected chi connectivity index (χ1v) is 11.7. The van der Waals surface area contributed by atoms with Gasteiger partial charge in [0.1, 0.15) is 0 Å². The van der Waals surface area contributed by atoms with E-state index in [1.54, 1.807) is 6.08 Å². The number of hydrogen-bond donors (Lipinski definition) is 1. The lowest BCUT2D eigenvalue weighted by Crippen LogP contribution is -2.59. The van der Waals surface area contributed by atoms with Crippen LogP contribution in [-0.2, 0) is 9.59 Å². The Labute approximate surface area is 180 Å². The summed E-state index contributed by atoms with van der Waals surface area (Å²) in [5.74, 6) is 2.33. The second kappa shape index (κ2) is 6.96. The molecule has 0 spiro atoms. The molecule has 1 aromatic carbocycles. The van der Waals surface area contributed by atoms with E-state index in [9.17, 15) is 9.59 Å². The molecular formula is C26H34N2O2. The quantitative estimate of drug-likeness (QED) is 0.783. The van der Waals surface area contributed by atoms with E-state index in [0.717, 1.165) is 37.8 Å². The number of nitrogens with one attached hydrogen (secondary N) is 1. The SMILES string of the molecule is CN(C(=O)C1CCC2C3CCC4NC(=O)C=C[C@]4(C)C3CC[C@]12C)c1ccccc1. The highest BCUT2D eigenvalue weighted by molar-refractivity contribution is 5.95. The van der Waals surface area contributed by atoms with Gasteiger partial charge in [-0.15, -0.1) is 0 Å². The largest absolute Gasteiger partial charge is 0.349 e. The molecule has 1 aromatic rings. The molecule has 0 saturated heterocycles. The first kappa shape index (κ1) is 19.8. The summed E-state index contributed by atoms with van der Waals surface area (Å²) in [6.07, 6.45) is 10.6. The van der Waals surface area contributed by atoms with Gasteiger partial charge < -0.3 is 10.2 Å². The third kappa shape index (κ3) is 2.79. The fourth-order valence-electron chi connectivity index (χ4n) is 7.75. The van der Waals surface area contributed by atoms with Gasteiger partial charge in [0.15, 0.2) is 0 Å². The smallest absolute Gasteiger partial charge is 0.243 e. The molecule has 3 saturated carbocycles. The second-order valence-electron chi connectivity index (χ2n) is 10.6. The second-order valence-corrected chi connectivity index (χ2v) is 10.6. The average molecular weight is 407 g/mol. The monoisotopic (exact) mass is 406 g/mol. The number of anilines is 1. The molecule has 0 radical (unpaired) electrons. The van der Waals surface area contributed by atoms with Crippen LogP contribution in [0.3, 0.4) is 0 Å². The molecule has 3 fully saturated rings. The molecule has 5 unspecified atom stereocenters. The highest BCUT2D eigenvalue weighted by atomic mass is 16.2. The number of amides is 2. The third-order valence-corrected chi connectivity index (χ3v) is 9.46. The van der Waals surface area contributed by atoms with Crippen molar-refractivity contribution in [1.29, 1.82) is 0 Å². The molecule has 1 aliphatic heterocycles. The van der Waals surface area contributed by atoms with E-state index < -0.39 is 0 Å². The molecule has 30 heavy (non-hydrogen) atoms. The number of carbonyl (C=O) groups excluding carboxylic acids is 2. The highest BCUT2D eigenvalue weighted by Crippen LogP contribution is 2.65. The number of para-hydroxylation sites is 1. The first-order valence-electron chi connectivity index (χ1n) is 11.7. The topological polar surface area (TPSA) is 49.4 Å². The lowest BCUT2D eigenvalue weighted by atomic mass is 9.48. The van der Waals surface area contributed by atoms with Gasteiger partial charge in [0.2, 0.25) is 11.8 Å². The number of fused-ring (bicyclic) bond motifs is 5. The van der Waals surface area contributed by atoms with Gasteiger partial charge in [-0.3, -0.25) is 9.59 Å². The molecule has 4 nitrogen and oxygen atoms in total. The molecule has 4 heteroatoms. The minimum absolute atomic E-state index is 0.0566. The van der Waals surface area contributed by atoms with Gasteiger partial charge in [0.05, 0.1) is 0 Å². The zero-order chi connectivity index (χ0) is 21.1. The van der Waals surface area contributed by atoms with Gasteiger partial charge in [-0.25, -0.2) is 0 Å². The molecule has 1 N–H and O–H groups in total. The number of carbonyl (C=O) groups is 2. The van der Waals surface area contributed by atoms with Crippen LogP contribution in [0.5, 0.6) is 0 Å². The van der Waals surface area contributed by atoms with E-state index in [4.69, 9.17) is 0 Å². The van der Waals surface area contributed by atoms with Crippen LogP contribution in [0.25, 0.3) is 0 Å². The van der Waals surface area contributed by atoms with Crippen molar-refractivity contribution in [2.45, 2.75) is 58.4 Å². The summed E-state index contributed by atoms with van der Waals surface area (Å²) in [5.41, 5.74) is 1.13. The van der Waals surface area contributed by atoms with E-state index >= 15 is 0 Å². The minimum Gasteiger partial charge on any atom is -0.349 e. The molecule has 3 aliphatic carbocycles. The highest BCUT2D eigenvalue weighted by Gasteiger charge is 2.61. The number of benzene rings is 1. The Morgan fingerprint density at radius 1 is 1.03 bits per heavy atom. The molecule has 1 heterocycles. The Balaban J connectivity index is 1.40. The summed E-state index contributed by atoms with van der Waals surface area (Å²) in [4.78, 5) is 27.3. The lowest BCUT2D eigenvalue weighted by Gasteiger charge is -2.58. The van der Waals surface area contributed by atoms with E-state index in [0.29, 0.717) is 17.8 Å². The van der Waals surface area contributed by atoms with Crippen molar-refractivity contribution >= 4 is 17.5 Å². The van der Waals surface area contributed by atoms with Gasteiger partial charge in [0.25, 0.3) is 0 Å². The van der Waals surface area contributed by atoms with Crippen molar-refractivity contribution in [2.75, 3.05) is 11.9 Å².